The molecule has 404 valence electrons. The molecule has 0 aliphatic rings. The van der Waals surface area contributed by atoms with Gasteiger partial charge >= 0.3 is 0 Å². The summed E-state index contributed by atoms with van der Waals surface area (Å²) in [5.41, 5.74) is 13.6. The molecule has 0 unspecified atom stereocenters. The summed E-state index contributed by atoms with van der Waals surface area (Å²) in [4.78, 5) is 13.2. The Bertz CT molecular complexity index is 4280. The van der Waals surface area contributed by atoms with Gasteiger partial charge in [-0.15, -0.1) is 34.0 Å². The van der Waals surface area contributed by atoms with Crippen molar-refractivity contribution in [3.05, 3.63) is 328 Å². The highest BCUT2D eigenvalue weighted by atomic mass is 32.1. The van der Waals surface area contributed by atoms with Crippen LogP contribution in [0.3, 0.4) is 0 Å². The Balaban J connectivity index is 0.777. The van der Waals surface area contributed by atoms with Crippen LogP contribution in [-0.2, 0) is 0 Å². The van der Waals surface area contributed by atoms with Crippen molar-refractivity contribution < 1.29 is 0 Å². The maximum Gasteiger partial charge on any atom is 0.101 e. The highest BCUT2D eigenvalue weighted by Crippen LogP contribution is 2.49. The van der Waals surface area contributed by atoms with Crippen molar-refractivity contribution in [3.63, 3.8) is 0 Å². The van der Waals surface area contributed by atoms with Gasteiger partial charge in [-0.25, -0.2) is 0 Å². The molecule has 0 bridgehead atoms. The van der Waals surface area contributed by atoms with Crippen LogP contribution in [-0.4, -0.2) is 0 Å². The zero-order valence-corrected chi connectivity index (χ0v) is 48.6. The van der Waals surface area contributed by atoms with Gasteiger partial charge < -0.3 is 19.6 Å². The van der Waals surface area contributed by atoms with E-state index >= 15 is 0 Å². The Morgan fingerprint density at radius 3 is 0.718 bits per heavy atom. The van der Waals surface area contributed by atoms with Crippen LogP contribution in [0.2, 0.25) is 0 Å². The first-order valence-corrected chi connectivity index (χ1v) is 31.0. The van der Waals surface area contributed by atoms with Crippen LogP contribution < -0.4 is 19.6 Å². The molecule has 0 radical (unpaired) electrons. The van der Waals surface area contributed by atoms with Crippen molar-refractivity contribution in [2.45, 2.75) is 0 Å². The van der Waals surface area contributed by atoms with E-state index in [1.54, 1.807) is 0 Å². The molecule has 3 heterocycles. The van der Waals surface area contributed by atoms with E-state index in [4.69, 9.17) is 0 Å². The summed E-state index contributed by atoms with van der Waals surface area (Å²) >= 11 is 5.43. The number of para-hydroxylation sites is 3. The smallest absolute Gasteiger partial charge is 0.101 e. The molecule has 15 aromatic rings. The van der Waals surface area contributed by atoms with Crippen LogP contribution in [0.25, 0.3) is 63.6 Å². The van der Waals surface area contributed by atoms with E-state index < -0.39 is 0 Å². The number of rotatable bonds is 15. The van der Waals surface area contributed by atoms with Gasteiger partial charge in [0.2, 0.25) is 0 Å². The van der Waals surface area contributed by atoms with Gasteiger partial charge in [-0.1, -0.05) is 200 Å². The average Bonchev–Trinajstić information content (AvgIpc) is 4.44. The second-order valence-corrected chi connectivity index (χ2v) is 24.1. The van der Waals surface area contributed by atoms with E-state index in [0.717, 1.165) is 66.2 Å². The van der Waals surface area contributed by atoms with Gasteiger partial charge in [-0.2, -0.15) is 0 Å². The molecule has 7 heteroatoms. The second-order valence-electron chi connectivity index (χ2n) is 20.9. The summed E-state index contributed by atoms with van der Waals surface area (Å²) in [6, 6.07) is 119. The Morgan fingerprint density at radius 2 is 0.424 bits per heavy atom. The summed E-state index contributed by atoms with van der Waals surface area (Å²) < 4.78 is 0. The van der Waals surface area contributed by atoms with E-state index in [1.165, 1.54) is 63.6 Å². The molecular formula is C78H54N4S3. The quantitative estimate of drug-likeness (QED) is 0.101. The molecule has 0 saturated heterocycles. The molecule has 3 aromatic heterocycles. The Morgan fingerprint density at radius 1 is 0.176 bits per heavy atom. The maximum atomic E-state index is 2.39. The first-order valence-electron chi connectivity index (χ1n) is 28.6. The van der Waals surface area contributed by atoms with E-state index in [0.29, 0.717) is 0 Å². The number of nitrogens with zero attached hydrogens (tertiary/aromatic N) is 4. The second kappa shape index (κ2) is 22.8. The fourth-order valence-electron chi connectivity index (χ4n) is 11.7. The number of anilines is 12. The number of benzene rings is 12. The first kappa shape index (κ1) is 51.6. The normalized spacial score (nSPS) is 11.3. The lowest BCUT2D eigenvalue weighted by Gasteiger charge is -2.26. The van der Waals surface area contributed by atoms with Crippen molar-refractivity contribution in [3.8, 4) is 31.3 Å². The molecular weight excluding hydrogens is 1090 g/mol. The number of hydrogen-bond acceptors (Lipinski definition) is 7. The number of hydrogen-bond donors (Lipinski definition) is 0. The van der Waals surface area contributed by atoms with Gasteiger partial charge in [0.05, 0.1) is 17.1 Å². The van der Waals surface area contributed by atoms with Gasteiger partial charge in [0.15, 0.2) is 0 Å². The molecule has 12 aromatic carbocycles. The lowest BCUT2D eigenvalue weighted by Crippen LogP contribution is -2.09. The van der Waals surface area contributed by atoms with Gasteiger partial charge in [0.25, 0.3) is 0 Å². The molecule has 0 fully saturated rings. The van der Waals surface area contributed by atoms with Crippen LogP contribution >= 0.6 is 34.0 Å². The fourth-order valence-corrected chi connectivity index (χ4v) is 14.8. The number of thiophene rings is 3. The molecule has 0 spiro atoms. The van der Waals surface area contributed by atoms with Gasteiger partial charge in [-0.05, 0) is 160 Å². The summed E-state index contributed by atoms with van der Waals surface area (Å²) in [6.45, 7) is 0. The summed E-state index contributed by atoms with van der Waals surface area (Å²) in [7, 11) is 0. The third-order valence-electron chi connectivity index (χ3n) is 15.7. The van der Waals surface area contributed by atoms with Gasteiger partial charge in [0, 0.05) is 64.9 Å². The molecule has 0 atom stereocenters. The van der Waals surface area contributed by atoms with Crippen molar-refractivity contribution in [1.29, 1.82) is 0 Å². The van der Waals surface area contributed by atoms with Crippen molar-refractivity contribution in [2.75, 3.05) is 19.6 Å². The Labute approximate surface area is 507 Å². The minimum Gasteiger partial charge on any atom is -0.311 e. The topological polar surface area (TPSA) is 13.0 Å². The molecule has 0 N–H and O–H groups in total. The third-order valence-corrected chi connectivity index (χ3v) is 19.1. The minimum absolute atomic E-state index is 1.07. The lowest BCUT2D eigenvalue weighted by molar-refractivity contribution is 1.28. The molecule has 15 rings (SSSR count). The molecule has 0 amide bonds. The van der Waals surface area contributed by atoms with Gasteiger partial charge in [0.1, 0.15) is 15.0 Å². The third kappa shape index (κ3) is 10.1. The number of fused-ring (bicyclic) bond motifs is 3. The largest absolute Gasteiger partial charge is 0.311 e. The van der Waals surface area contributed by atoms with E-state index in [1.807, 2.05) is 34.0 Å². The van der Waals surface area contributed by atoms with Crippen LogP contribution in [0.1, 0.15) is 0 Å². The van der Waals surface area contributed by atoms with Crippen molar-refractivity contribution in [1.82, 2.24) is 0 Å². The van der Waals surface area contributed by atoms with Crippen molar-refractivity contribution >= 4 is 133 Å². The van der Waals surface area contributed by atoms with E-state index in [-0.39, 0.29) is 0 Å². The minimum atomic E-state index is 1.07. The van der Waals surface area contributed by atoms with Crippen LogP contribution in [0.4, 0.5) is 66.2 Å². The van der Waals surface area contributed by atoms with E-state index in [2.05, 4.69) is 347 Å². The standard InChI is InChI=1S/C78H54N4S3/c1-4-25-61(26-5-1)80(70-34-16-22-55-19-10-13-31-67(55)70)76-52-49-73(83-76)58-37-43-64(44-38-58)79(65-45-39-59(40-46-65)74-50-53-77(84-74)81(62-27-6-2-7-28-62)71-35-17-23-56-20-11-14-32-68(56)71)66-47-41-60(42-48-66)75-51-54-78(85-75)82(63-29-8-3-9-30-63)72-36-18-24-57-21-12-15-33-69(57)72/h1-54H. The zero-order valence-electron chi connectivity index (χ0n) is 46.2. The Hall–Kier alpha value is -10.3. The highest BCUT2D eigenvalue weighted by molar-refractivity contribution is 7.20. The molecule has 4 nitrogen and oxygen atoms in total. The van der Waals surface area contributed by atoms with Crippen molar-refractivity contribution in [2.24, 2.45) is 0 Å². The zero-order chi connectivity index (χ0) is 56.5. The maximum absolute atomic E-state index is 2.39. The summed E-state index contributed by atoms with van der Waals surface area (Å²) in [5.74, 6) is 0. The first-order chi connectivity index (χ1) is 42.1. The SMILES string of the molecule is c1ccc(N(c2ccc(-c3ccc(N(c4ccc(-c5ccc(N(c6ccccc6)c6cccc7ccccc67)s5)cc4)c4ccc(-c5ccc(N(c6ccccc6)c6cccc7ccccc67)s5)cc4)cc3)s2)c2cccc3ccccc23)cc1. The molecule has 0 saturated carbocycles. The summed E-state index contributed by atoms with van der Waals surface area (Å²) in [6.07, 6.45) is 0. The van der Waals surface area contributed by atoms with Gasteiger partial charge in [-0.3, -0.25) is 0 Å². The summed E-state index contributed by atoms with van der Waals surface area (Å²) in [5, 5.41) is 10.8. The monoisotopic (exact) mass is 1140 g/mol. The Kier molecular flexibility index (Phi) is 13.8. The molecule has 0 aliphatic heterocycles. The highest BCUT2D eigenvalue weighted by Gasteiger charge is 2.22. The molecule has 85 heavy (non-hydrogen) atoms. The predicted molar refractivity (Wildman–Crippen MR) is 368 cm³/mol. The fraction of sp³-hybridized carbons (Fsp3) is 0. The predicted octanol–water partition coefficient (Wildman–Crippen LogP) is 24.2. The molecule has 0 aliphatic carbocycles. The van der Waals surface area contributed by atoms with Crippen LogP contribution in [0, 0.1) is 0 Å². The average molecular weight is 1140 g/mol. The van der Waals surface area contributed by atoms with Crippen LogP contribution in [0.5, 0.6) is 0 Å². The lowest BCUT2D eigenvalue weighted by atomic mass is 10.1. The van der Waals surface area contributed by atoms with E-state index in [9.17, 15) is 0 Å². The van der Waals surface area contributed by atoms with Crippen LogP contribution in [0.15, 0.2) is 328 Å².